The van der Waals surface area contributed by atoms with Crippen molar-refractivity contribution in [2.45, 2.75) is 19.9 Å². The van der Waals surface area contributed by atoms with E-state index in [9.17, 15) is 14.4 Å². The van der Waals surface area contributed by atoms with Gasteiger partial charge in [0.05, 0.1) is 6.54 Å². The predicted molar refractivity (Wildman–Crippen MR) is 45.0 cm³/mol. The van der Waals surface area contributed by atoms with E-state index in [2.05, 4.69) is 0 Å². The molecule has 0 N–H and O–H groups in total. The topological polar surface area (TPSA) is 57.7 Å². The van der Waals surface area contributed by atoms with E-state index < -0.39 is 12.1 Å². The molecule has 0 aromatic carbocycles. The average Bonchev–Trinajstić information content (AvgIpc) is 2.22. The summed E-state index contributed by atoms with van der Waals surface area (Å²) in [6.45, 7) is 3.02. The van der Waals surface area contributed by atoms with Gasteiger partial charge in [-0.3, -0.25) is 14.5 Å². The van der Waals surface area contributed by atoms with Crippen molar-refractivity contribution in [1.29, 1.82) is 0 Å². The molecule has 13 heavy (non-hydrogen) atoms. The van der Waals surface area contributed by atoms with Gasteiger partial charge < -0.3 is 4.90 Å². The second-order valence-electron chi connectivity index (χ2n) is 3.19. The Morgan fingerprint density at radius 2 is 2.00 bits per heavy atom. The van der Waals surface area contributed by atoms with Gasteiger partial charge in [0.2, 0.25) is 0 Å². The van der Waals surface area contributed by atoms with Crippen molar-refractivity contribution in [3.8, 4) is 0 Å². The third-order valence-corrected chi connectivity index (χ3v) is 2.08. The van der Waals surface area contributed by atoms with Gasteiger partial charge in [0, 0.05) is 7.05 Å². The van der Waals surface area contributed by atoms with Gasteiger partial charge in [-0.25, -0.2) is 4.79 Å². The first-order chi connectivity index (χ1) is 5.95. The van der Waals surface area contributed by atoms with Crippen LogP contribution in [0.25, 0.3) is 0 Å². The lowest BCUT2D eigenvalue weighted by Gasteiger charge is -2.16. The highest BCUT2D eigenvalue weighted by Crippen LogP contribution is 2.14. The van der Waals surface area contributed by atoms with E-state index in [1.807, 2.05) is 0 Å². The van der Waals surface area contributed by atoms with Crippen LogP contribution in [0.2, 0.25) is 0 Å². The number of carbonyl (C=O) groups excluding carboxylic acids is 3. The molecule has 1 aliphatic rings. The number of amides is 3. The maximum atomic E-state index is 11.3. The van der Waals surface area contributed by atoms with Crippen LogP contribution in [0.1, 0.15) is 13.8 Å². The third-order valence-electron chi connectivity index (χ3n) is 2.08. The Labute approximate surface area is 76.3 Å². The zero-order valence-corrected chi connectivity index (χ0v) is 7.90. The van der Waals surface area contributed by atoms with Crippen LogP contribution in [0.4, 0.5) is 4.79 Å². The van der Waals surface area contributed by atoms with E-state index in [4.69, 9.17) is 0 Å². The number of Topliss-reactive ketones (excluding diaryl/α,β-unsaturated/α-hetero) is 1. The molecule has 1 rings (SSSR count). The maximum Gasteiger partial charge on any atom is 0.327 e. The summed E-state index contributed by atoms with van der Waals surface area (Å²) < 4.78 is 0. The Balaban J connectivity index is 2.81. The minimum absolute atomic E-state index is 0.0100. The fraction of sp³-hybridized carbons (Fsp3) is 0.625. The molecule has 3 amide bonds. The zero-order valence-electron chi connectivity index (χ0n) is 7.90. The van der Waals surface area contributed by atoms with E-state index in [0.717, 1.165) is 4.90 Å². The first-order valence-corrected chi connectivity index (χ1v) is 4.02. The Bertz CT molecular complexity index is 275. The van der Waals surface area contributed by atoms with Crippen molar-refractivity contribution in [3.05, 3.63) is 0 Å². The van der Waals surface area contributed by atoms with Crippen LogP contribution in [-0.2, 0) is 9.59 Å². The number of likely N-dealkylation sites (N-methyl/N-ethyl adjacent to an activating group) is 1. The first-order valence-electron chi connectivity index (χ1n) is 4.02. The summed E-state index contributed by atoms with van der Waals surface area (Å²) in [6, 6.07) is -0.908. The third kappa shape index (κ3) is 1.54. The number of hydrogen-bond donors (Lipinski definition) is 0. The monoisotopic (exact) mass is 184 g/mol. The summed E-state index contributed by atoms with van der Waals surface area (Å²) >= 11 is 0. The van der Waals surface area contributed by atoms with Crippen LogP contribution in [-0.4, -0.2) is 47.2 Å². The van der Waals surface area contributed by atoms with Gasteiger partial charge in [0.25, 0.3) is 5.91 Å². The molecule has 72 valence electrons. The van der Waals surface area contributed by atoms with Gasteiger partial charge >= 0.3 is 6.03 Å². The number of carbonyl (C=O) groups is 3. The van der Waals surface area contributed by atoms with Crippen LogP contribution < -0.4 is 0 Å². The van der Waals surface area contributed by atoms with E-state index in [1.54, 1.807) is 6.92 Å². The van der Waals surface area contributed by atoms with Gasteiger partial charge in [-0.15, -0.1) is 0 Å². The fourth-order valence-electron chi connectivity index (χ4n) is 1.31. The molecule has 1 atom stereocenters. The average molecular weight is 184 g/mol. The number of nitrogens with zero attached hydrogens (tertiary/aromatic N) is 2. The highest BCUT2D eigenvalue weighted by Gasteiger charge is 2.40. The van der Waals surface area contributed by atoms with Gasteiger partial charge in [0.15, 0.2) is 0 Å². The molecule has 1 fully saturated rings. The molecule has 0 aromatic rings. The van der Waals surface area contributed by atoms with Crippen LogP contribution in [0.3, 0.4) is 0 Å². The lowest BCUT2D eigenvalue weighted by molar-refractivity contribution is -0.127. The van der Waals surface area contributed by atoms with Crippen LogP contribution in [0.5, 0.6) is 0 Å². The molecule has 0 aliphatic carbocycles. The van der Waals surface area contributed by atoms with Crippen LogP contribution in [0.15, 0.2) is 0 Å². The summed E-state index contributed by atoms with van der Waals surface area (Å²) in [5.41, 5.74) is 0. The Kier molecular flexibility index (Phi) is 2.36. The second-order valence-corrected chi connectivity index (χ2v) is 3.19. The van der Waals surface area contributed by atoms with Crippen molar-refractivity contribution in [3.63, 3.8) is 0 Å². The van der Waals surface area contributed by atoms with E-state index in [-0.39, 0.29) is 18.2 Å². The van der Waals surface area contributed by atoms with Gasteiger partial charge in [0.1, 0.15) is 11.8 Å². The lowest BCUT2D eigenvalue weighted by atomic mass is 10.3. The zero-order chi connectivity index (χ0) is 10.2. The summed E-state index contributed by atoms with van der Waals surface area (Å²) in [4.78, 5) is 35.7. The van der Waals surface area contributed by atoms with Crippen molar-refractivity contribution in [1.82, 2.24) is 9.80 Å². The molecule has 0 aromatic heterocycles. The predicted octanol–water partition coefficient (Wildman–Crippen LogP) is -0.142. The molecule has 1 saturated heterocycles. The molecule has 1 heterocycles. The van der Waals surface area contributed by atoms with Crippen molar-refractivity contribution in [2.75, 3.05) is 13.6 Å². The summed E-state index contributed by atoms with van der Waals surface area (Å²) in [5, 5.41) is 0. The molecule has 5 heteroatoms. The molecule has 5 nitrogen and oxygen atoms in total. The molecular formula is C8H12N2O3. The standard InChI is InChI=1S/C8H12N2O3/c1-5(11)4-10-6(2)7(12)9(3)8(10)13/h6H,4H2,1-3H3. The molecule has 0 radical (unpaired) electrons. The fourth-order valence-corrected chi connectivity index (χ4v) is 1.31. The Morgan fingerprint density at radius 3 is 2.31 bits per heavy atom. The van der Waals surface area contributed by atoms with Crippen molar-refractivity contribution in [2.24, 2.45) is 0 Å². The highest BCUT2D eigenvalue weighted by atomic mass is 16.2. The number of urea groups is 1. The van der Waals surface area contributed by atoms with Crippen molar-refractivity contribution < 1.29 is 14.4 Å². The minimum Gasteiger partial charge on any atom is -0.305 e. The molecule has 0 spiro atoms. The normalized spacial score (nSPS) is 22.8. The summed E-state index contributed by atoms with van der Waals surface area (Å²) in [6.07, 6.45) is 0. The molecular weight excluding hydrogens is 172 g/mol. The van der Waals surface area contributed by atoms with E-state index in [0.29, 0.717) is 0 Å². The maximum absolute atomic E-state index is 11.3. The SMILES string of the molecule is CC(=O)CN1C(=O)N(C)C(=O)C1C. The number of rotatable bonds is 2. The smallest absolute Gasteiger partial charge is 0.305 e. The molecule has 0 saturated carbocycles. The number of ketones is 1. The lowest BCUT2D eigenvalue weighted by Crippen LogP contribution is -2.36. The second kappa shape index (κ2) is 3.16. The van der Waals surface area contributed by atoms with Crippen molar-refractivity contribution >= 4 is 17.7 Å². The van der Waals surface area contributed by atoms with Crippen LogP contribution in [0, 0.1) is 0 Å². The molecule has 1 aliphatic heterocycles. The number of hydrogen-bond acceptors (Lipinski definition) is 3. The highest BCUT2D eigenvalue weighted by molar-refractivity contribution is 6.04. The largest absolute Gasteiger partial charge is 0.327 e. The molecule has 1 unspecified atom stereocenters. The van der Waals surface area contributed by atoms with Gasteiger partial charge in [-0.1, -0.05) is 0 Å². The number of imide groups is 1. The van der Waals surface area contributed by atoms with Gasteiger partial charge in [-0.2, -0.15) is 0 Å². The first kappa shape index (κ1) is 9.70. The Hall–Kier alpha value is -1.39. The Morgan fingerprint density at radius 1 is 1.46 bits per heavy atom. The minimum atomic E-state index is -0.513. The quantitative estimate of drug-likeness (QED) is 0.561. The van der Waals surface area contributed by atoms with E-state index >= 15 is 0 Å². The molecule has 0 bridgehead atoms. The van der Waals surface area contributed by atoms with Crippen LogP contribution >= 0.6 is 0 Å². The van der Waals surface area contributed by atoms with E-state index in [1.165, 1.54) is 18.9 Å². The summed E-state index contributed by atoms with van der Waals surface area (Å²) in [7, 11) is 1.42. The van der Waals surface area contributed by atoms with Gasteiger partial charge in [-0.05, 0) is 13.8 Å². The summed E-state index contributed by atoms with van der Waals surface area (Å²) in [5.74, 6) is -0.380.